The molecule has 1 aromatic rings. The third-order valence-corrected chi connectivity index (χ3v) is 3.12. The second-order valence-corrected chi connectivity index (χ2v) is 4.50. The van der Waals surface area contributed by atoms with Crippen molar-refractivity contribution in [1.29, 1.82) is 0 Å². The van der Waals surface area contributed by atoms with Crippen molar-refractivity contribution < 1.29 is 9.84 Å². The Labute approximate surface area is 97.0 Å². The van der Waals surface area contributed by atoms with Gasteiger partial charge in [0.05, 0.1) is 12.7 Å². The minimum absolute atomic E-state index is 0.249. The maximum absolute atomic E-state index is 9.84. The maximum Gasteiger partial charge on any atom is 0.0807 e. The first-order chi connectivity index (χ1) is 7.81. The molecule has 0 spiro atoms. The van der Waals surface area contributed by atoms with Crippen LogP contribution in [-0.2, 0) is 17.7 Å². The Morgan fingerprint density at radius 1 is 1.44 bits per heavy atom. The molecular weight excluding hydrogens is 202 g/mol. The van der Waals surface area contributed by atoms with Gasteiger partial charge in [0.1, 0.15) is 0 Å². The summed E-state index contributed by atoms with van der Waals surface area (Å²) >= 11 is 0. The molecule has 0 aromatic carbocycles. The predicted octanol–water partition coefficient (Wildman–Crippen LogP) is 2.28. The Bertz CT molecular complexity index is 333. The first-order valence-electron chi connectivity index (χ1n) is 6.25. The lowest BCUT2D eigenvalue weighted by molar-refractivity contribution is 0.126. The standard InChI is InChI=1S/C13H21NO2/c1-2-7-16-8-6-14-9-11-4-3-5-13(15)12(11)10-14/h9-10,13,15H,2-8H2,1H3. The van der Waals surface area contributed by atoms with Crippen molar-refractivity contribution in [2.24, 2.45) is 0 Å². The van der Waals surface area contributed by atoms with Crippen molar-refractivity contribution in [2.45, 2.75) is 45.3 Å². The summed E-state index contributed by atoms with van der Waals surface area (Å²) in [5.74, 6) is 0. The Kier molecular flexibility index (Phi) is 4.02. The number of fused-ring (bicyclic) bond motifs is 1. The number of hydrogen-bond acceptors (Lipinski definition) is 2. The molecule has 3 nitrogen and oxygen atoms in total. The van der Waals surface area contributed by atoms with E-state index in [9.17, 15) is 5.11 Å². The van der Waals surface area contributed by atoms with Crippen LogP contribution < -0.4 is 0 Å². The molecule has 0 aliphatic heterocycles. The molecule has 0 radical (unpaired) electrons. The summed E-state index contributed by atoms with van der Waals surface area (Å²) in [5, 5.41) is 9.84. The van der Waals surface area contributed by atoms with Gasteiger partial charge in [0, 0.05) is 31.1 Å². The van der Waals surface area contributed by atoms with E-state index in [4.69, 9.17) is 4.74 Å². The van der Waals surface area contributed by atoms with E-state index in [-0.39, 0.29) is 6.10 Å². The third-order valence-electron chi connectivity index (χ3n) is 3.12. The van der Waals surface area contributed by atoms with E-state index >= 15 is 0 Å². The average molecular weight is 223 g/mol. The Morgan fingerprint density at radius 3 is 3.06 bits per heavy atom. The zero-order chi connectivity index (χ0) is 11.4. The Balaban J connectivity index is 1.91. The molecule has 0 saturated carbocycles. The molecule has 1 N–H and O–H groups in total. The quantitative estimate of drug-likeness (QED) is 0.777. The summed E-state index contributed by atoms with van der Waals surface area (Å²) in [4.78, 5) is 0. The second kappa shape index (κ2) is 5.51. The van der Waals surface area contributed by atoms with E-state index < -0.39 is 0 Å². The van der Waals surface area contributed by atoms with Crippen LogP contribution in [0, 0.1) is 0 Å². The number of aliphatic hydroxyl groups is 1. The summed E-state index contributed by atoms with van der Waals surface area (Å²) in [6.07, 6.45) is 8.17. The molecule has 90 valence electrons. The van der Waals surface area contributed by atoms with Crippen LogP contribution in [-0.4, -0.2) is 22.9 Å². The number of aryl methyl sites for hydroxylation is 1. The molecule has 3 heteroatoms. The van der Waals surface area contributed by atoms with Crippen molar-refractivity contribution >= 4 is 0 Å². The number of ether oxygens (including phenoxy) is 1. The van der Waals surface area contributed by atoms with Gasteiger partial charge in [0.2, 0.25) is 0 Å². The van der Waals surface area contributed by atoms with Crippen LogP contribution in [0.15, 0.2) is 12.4 Å². The lowest BCUT2D eigenvalue weighted by Crippen LogP contribution is -2.06. The number of rotatable bonds is 5. The molecule has 1 unspecified atom stereocenters. The van der Waals surface area contributed by atoms with Gasteiger partial charge in [-0.25, -0.2) is 0 Å². The summed E-state index contributed by atoms with van der Waals surface area (Å²) in [6.45, 7) is 4.60. The highest BCUT2D eigenvalue weighted by atomic mass is 16.5. The highest BCUT2D eigenvalue weighted by Crippen LogP contribution is 2.29. The van der Waals surface area contributed by atoms with Crippen LogP contribution in [0.25, 0.3) is 0 Å². The van der Waals surface area contributed by atoms with E-state index in [0.717, 1.165) is 51.0 Å². The minimum atomic E-state index is -0.249. The van der Waals surface area contributed by atoms with E-state index in [1.165, 1.54) is 5.56 Å². The van der Waals surface area contributed by atoms with Crippen molar-refractivity contribution in [2.75, 3.05) is 13.2 Å². The number of nitrogens with zero attached hydrogens (tertiary/aromatic N) is 1. The number of hydrogen-bond donors (Lipinski definition) is 1. The van der Waals surface area contributed by atoms with Gasteiger partial charge in [-0.15, -0.1) is 0 Å². The molecule has 0 bridgehead atoms. The van der Waals surface area contributed by atoms with Crippen molar-refractivity contribution in [3.63, 3.8) is 0 Å². The molecule has 1 aromatic heterocycles. The largest absolute Gasteiger partial charge is 0.388 e. The highest BCUT2D eigenvalue weighted by molar-refractivity contribution is 5.28. The molecule has 1 heterocycles. The van der Waals surface area contributed by atoms with Gasteiger partial charge >= 0.3 is 0 Å². The molecule has 2 rings (SSSR count). The molecule has 1 atom stereocenters. The average Bonchev–Trinajstić information content (AvgIpc) is 2.69. The Hall–Kier alpha value is -0.800. The van der Waals surface area contributed by atoms with Crippen molar-refractivity contribution in [3.8, 4) is 0 Å². The summed E-state index contributed by atoms with van der Waals surface area (Å²) < 4.78 is 7.61. The fourth-order valence-electron chi connectivity index (χ4n) is 2.27. The van der Waals surface area contributed by atoms with Gasteiger partial charge in [-0.2, -0.15) is 0 Å². The van der Waals surface area contributed by atoms with Crippen molar-refractivity contribution in [1.82, 2.24) is 4.57 Å². The lowest BCUT2D eigenvalue weighted by Gasteiger charge is -2.16. The fraction of sp³-hybridized carbons (Fsp3) is 0.692. The monoisotopic (exact) mass is 223 g/mol. The molecule has 0 amide bonds. The molecule has 1 aliphatic rings. The van der Waals surface area contributed by atoms with Crippen LogP contribution >= 0.6 is 0 Å². The van der Waals surface area contributed by atoms with Crippen LogP contribution in [0.1, 0.15) is 43.4 Å². The van der Waals surface area contributed by atoms with Gasteiger partial charge in [0.15, 0.2) is 0 Å². The topological polar surface area (TPSA) is 34.4 Å². The van der Waals surface area contributed by atoms with Gasteiger partial charge in [-0.1, -0.05) is 6.92 Å². The maximum atomic E-state index is 9.84. The van der Waals surface area contributed by atoms with Gasteiger partial charge in [-0.05, 0) is 31.2 Å². The first-order valence-corrected chi connectivity index (χ1v) is 6.25. The third kappa shape index (κ3) is 2.66. The zero-order valence-electron chi connectivity index (χ0n) is 9.98. The molecule has 1 aliphatic carbocycles. The van der Waals surface area contributed by atoms with Crippen LogP contribution in [0.4, 0.5) is 0 Å². The van der Waals surface area contributed by atoms with Crippen LogP contribution in [0.5, 0.6) is 0 Å². The summed E-state index contributed by atoms with van der Waals surface area (Å²) in [7, 11) is 0. The van der Waals surface area contributed by atoms with Gasteiger partial charge < -0.3 is 14.4 Å². The smallest absolute Gasteiger partial charge is 0.0807 e. The van der Waals surface area contributed by atoms with E-state index in [2.05, 4.69) is 23.9 Å². The Morgan fingerprint density at radius 2 is 2.31 bits per heavy atom. The normalized spacial score (nSPS) is 19.8. The van der Waals surface area contributed by atoms with E-state index in [0.29, 0.717) is 0 Å². The van der Waals surface area contributed by atoms with E-state index in [1.54, 1.807) is 0 Å². The van der Waals surface area contributed by atoms with Crippen LogP contribution in [0.3, 0.4) is 0 Å². The van der Waals surface area contributed by atoms with Gasteiger partial charge in [0.25, 0.3) is 0 Å². The number of aliphatic hydroxyl groups excluding tert-OH is 1. The van der Waals surface area contributed by atoms with Gasteiger partial charge in [-0.3, -0.25) is 0 Å². The first kappa shape index (κ1) is 11.7. The predicted molar refractivity (Wildman–Crippen MR) is 63.4 cm³/mol. The molecule has 16 heavy (non-hydrogen) atoms. The summed E-state index contributed by atoms with van der Waals surface area (Å²) in [5.41, 5.74) is 2.44. The minimum Gasteiger partial charge on any atom is -0.388 e. The lowest BCUT2D eigenvalue weighted by atomic mass is 9.93. The molecule has 0 saturated heterocycles. The summed E-state index contributed by atoms with van der Waals surface area (Å²) in [6, 6.07) is 0. The SMILES string of the molecule is CCCOCCn1cc2c(c1)C(O)CCC2. The molecular formula is C13H21NO2. The number of aromatic nitrogens is 1. The fourth-order valence-corrected chi connectivity index (χ4v) is 2.27. The van der Waals surface area contributed by atoms with E-state index in [1.807, 2.05) is 0 Å². The zero-order valence-corrected chi connectivity index (χ0v) is 9.98. The highest BCUT2D eigenvalue weighted by Gasteiger charge is 2.19. The van der Waals surface area contributed by atoms with Crippen LogP contribution in [0.2, 0.25) is 0 Å². The molecule has 0 fully saturated rings. The second-order valence-electron chi connectivity index (χ2n) is 4.50. The van der Waals surface area contributed by atoms with Crippen molar-refractivity contribution in [3.05, 3.63) is 23.5 Å².